The van der Waals surface area contributed by atoms with Crippen molar-refractivity contribution in [1.82, 2.24) is 0 Å². The average Bonchev–Trinajstić information content (AvgIpc) is 2.06. The van der Waals surface area contributed by atoms with Crippen molar-refractivity contribution in [2.75, 3.05) is 11.5 Å². The maximum Gasteiger partial charge on any atom is 0.0543 e. The smallest absolute Gasteiger partial charge is 0.0543 e. The predicted octanol–water partition coefficient (Wildman–Crippen LogP) is 3.77. The number of benzene rings is 1. The van der Waals surface area contributed by atoms with Crippen LogP contribution in [0.5, 0.6) is 0 Å². The third-order valence-corrected chi connectivity index (χ3v) is 3.21. The van der Waals surface area contributed by atoms with Crippen LogP contribution in [-0.4, -0.2) is 5.75 Å². The van der Waals surface area contributed by atoms with Crippen LogP contribution >= 0.6 is 35.0 Å². The second-order valence-corrected chi connectivity index (χ2v) is 4.45. The van der Waals surface area contributed by atoms with E-state index in [1.54, 1.807) is 12.1 Å². The maximum absolute atomic E-state index is 5.93. The highest BCUT2D eigenvalue weighted by atomic mass is 35.5. The minimum Gasteiger partial charge on any atom is -0.399 e. The fraction of sp³-hybridized carbons (Fsp3) is 0.111. The van der Waals surface area contributed by atoms with Crippen LogP contribution in [0.15, 0.2) is 34.7 Å². The first kappa shape index (κ1) is 10.8. The molecule has 0 saturated heterocycles. The summed E-state index contributed by atoms with van der Waals surface area (Å²) < 4.78 is 0. The summed E-state index contributed by atoms with van der Waals surface area (Å²) >= 11 is 13.1. The Morgan fingerprint density at radius 1 is 1.54 bits per heavy atom. The van der Waals surface area contributed by atoms with Crippen LogP contribution in [0.4, 0.5) is 5.69 Å². The van der Waals surface area contributed by atoms with Gasteiger partial charge in [0.2, 0.25) is 0 Å². The number of nitrogen functional groups attached to an aromatic ring is 1. The van der Waals surface area contributed by atoms with Gasteiger partial charge in [0.15, 0.2) is 0 Å². The number of halogens is 2. The molecule has 0 bridgehead atoms. The largest absolute Gasteiger partial charge is 0.399 e. The first-order chi connectivity index (χ1) is 6.09. The minimum atomic E-state index is 0.600. The quantitative estimate of drug-likeness (QED) is 0.636. The summed E-state index contributed by atoms with van der Waals surface area (Å²) in [5.41, 5.74) is 6.31. The van der Waals surface area contributed by atoms with E-state index in [4.69, 9.17) is 28.9 Å². The van der Waals surface area contributed by atoms with Gasteiger partial charge >= 0.3 is 0 Å². The van der Waals surface area contributed by atoms with E-state index in [1.807, 2.05) is 6.07 Å². The van der Waals surface area contributed by atoms with Crippen LogP contribution < -0.4 is 5.73 Å². The zero-order valence-electron chi connectivity index (χ0n) is 6.89. The highest BCUT2D eigenvalue weighted by Crippen LogP contribution is 2.30. The molecule has 1 aromatic carbocycles. The van der Waals surface area contributed by atoms with Crippen LogP contribution in [-0.2, 0) is 0 Å². The fourth-order valence-corrected chi connectivity index (χ4v) is 1.97. The summed E-state index contributed by atoms with van der Waals surface area (Å²) in [6, 6.07) is 5.37. The molecule has 0 aliphatic rings. The van der Waals surface area contributed by atoms with E-state index >= 15 is 0 Å². The molecule has 0 spiro atoms. The van der Waals surface area contributed by atoms with Crippen molar-refractivity contribution in [3.63, 3.8) is 0 Å². The first-order valence-corrected chi connectivity index (χ1v) is 5.35. The van der Waals surface area contributed by atoms with Gasteiger partial charge in [-0.1, -0.05) is 29.8 Å². The number of rotatable bonds is 3. The molecule has 13 heavy (non-hydrogen) atoms. The van der Waals surface area contributed by atoms with E-state index < -0.39 is 0 Å². The van der Waals surface area contributed by atoms with Gasteiger partial charge in [0.1, 0.15) is 0 Å². The lowest BCUT2D eigenvalue weighted by Crippen LogP contribution is -1.86. The summed E-state index contributed by atoms with van der Waals surface area (Å²) in [6.07, 6.45) is 0. The molecule has 0 amide bonds. The van der Waals surface area contributed by atoms with E-state index in [0.29, 0.717) is 21.5 Å². The molecule has 4 heteroatoms. The Morgan fingerprint density at radius 2 is 2.23 bits per heavy atom. The standard InChI is InChI=1S/C9H9Cl2NS/c1-6(10)5-13-9-4-7(12)2-3-8(9)11/h2-4H,1,5,12H2. The van der Waals surface area contributed by atoms with Gasteiger partial charge < -0.3 is 5.73 Å². The zero-order chi connectivity index (χ0) is 9.84. The topological polar surface area (TPSA) is 26.0 Å². The van der Waals surface area contributed by atoms with Crippen molar-refractivity contribution in [1.29, 1.82) is 0 Å². The summed E-state index contributed by atoms with van der Waals surface area (Å²) in [5.74, 6) is 0.644. The van der Waals surface area contributed by atoms with E-state index in [0.717, 1.165) is 4.90 Å². The number of hydrogen-bond donors (Lipinski definition) is 1. The van der Waals surface area contributed by atoms with E-state index in [-0.39, 0.29) is 0 Å². The Morgan fingerprint density at radius 3 is 2.85 bits per heavy atom. The average molecular weight is 234 g/mol. The molecule has 0 radical (unpaired) electrons. The predicted molar refractivity (Wildman–Crippen MR) is 61.6 cm³/mol. The summed E-state index contributed by atoms with van der Waals surface area (Å²) in [4.78, 5) is 0.934. The van der Waals surface area contributed by atoms with Crippen LogP contribution in [0, 0.1) is 0 Å². The summed E-state index contributed by atoms with van der Waals surface area (Å²) in [6.45, 7) is 3.59. The zero-order valence-corrected chi connectivity index (χ0v) is 9.22. The van der Waals surface area contributed by atoms with E-state index in [9.17, 15) is 0 Å². The van der Waals surface area contributed by atoms with Crippen molar-refractivity contribution in [3.05, 3.63) is 34.8 Å². The molecule has 0 aliphatic heterocycles. The summed E-state index contributed by atoms with van der Waals surface area (Å²) in [7, 11) is 0. The number of anilines is 1. The highest BCUT2D eigenvalue weighted by molar-refractivity contribution is 7.99. The molecule has 1 nitrogen and oxygen atoms in total. The van der Waals surface area contributed by atoms with Crippen LogP contribution in [0.25, 0.3) is 0 Å². The lowest BCUT2D eigenvalue weighted by molar-refractivity contribution is 1.45. The van der Waals surface area contributed by atoms with Crippen molar-refractivity contribution in [3.8, 4) is 0 Å². The Labute approximate surface area is 91.9 Å². The lowest BCUT2D eigenvalue weighted by Gasteiger charge is -2.03. The Hall–Kier alpha value is -0.310. The molecule has 1 aromatic rings. The molecule has 2 N–H and O–H groups in total. The Bertz CT molecular complexity index is 325. The van der Waals surface area contributed by atoms with E-state index in [1.165, 1.54) is 11.8 Å². The van der Waals surface area contributed by atoms with Gasteiger partial charge in [-0.05, 0) is 18.2 Å². The molecule has 0 aromatic heterocycles. The number of nitrogens with two attached hydrogens (primary N) is 1. The van der Waals surface area contributed by atoms with Gasteiger partial charge in [-0.25, -0.2) is 0 Å². The lowest BCUT2D eigenvalue weighted by atomic mass is 10.3. The molecular weight excluding hydrogens is 225 g/mol. The van der Waals surface area contributed by atoms with Gasteiger partial charge in [0.25, 0.3) is 0 Å². The third-order valence-electron chi connectivity index (χ3n) is 1.34. The Kier molecular flexibility index (Phi) is 3.97. The van der Waals surface area contributed by atoms with Gasteiger partial charge in [0.05, 0.1) is 5.02 Å². The molecule has 0 atom stereocenters. The molecular formula is C9H9Cl2NS. The van der Waals surface area contributed by atoms with Gasteiger partial charge in [-0.2, -0.15) is 0 Å². The minimum absolute atomic E-state index is 0.600. The third kappa shape index (κ3) is 3.51. The van der Waals surface area contributed by atoms with Gasteiger partial charge in [-0.15, -0.1) is 11.8 Å². The van der Waals surface area contributed by atoms with Crippen LogP contribution in [0.3, 0.4) is 0 Å². The van der Waals surface area contributed by atoms with Crippen LogP contribution in [0.1, 0.15) is 0 Å². The van der Waals surface area contributed by atoms with E-state index in [2.05, 4.69) is 6.58 Å². The second-order valence-electron chi connectivity index (χ2n) is 2.50. The second kappa shape index (κ2) is 4.80. The molecule has 0 unspecified atom stereocenters. The highest BCUT2D eigenvalue weighted by Gasteiger charge is 2.01. The number of hydrogen-bond acceptors (Lipinski definition) is 2. The summed E-state index contributed by atoms with van der Waals surface area (Å²) in [5, 5.41) is 1.29. The van der Waals surface area contributed by atoms with Crippen molar-refractivity contribution < 1.29 is 0 Å². The number of thioether (sulfide) groups is 1. The normalized spacial score (nSPS) is 10.0. The van der Waals surface area contributed by atoms with Gasteiger partial charge in [0, 0.05) is 21.4 Å². The first-order valence-electron chi connectivity index (χ1n) is 3.60. The van der Waals surface area contributed by atoms with Crippen molar-refractivity contribution in [2.45, 2.75) is 4.90 Å². The molecule has 0 fully saturated rings. The Balaban J connectivity index is 2.75. The molecule has 0 aliphatic carbocycles. The molecule has 0 heterocycles. The van der Waals surface area contributed by atoms with Gasteiger partial charge in [-0.3, -0.25) is 0 Å². The monoisotopic (exact) mass is 233 g/mol. The SMILES string of the molecule is C=C(Cl)CSc1cc(N)ccc1Cl. The van der Waals surface area contributed by atoms with Crippen molar-refractivity contribution >= 4 is 40.7 Å². The molecule has 1 rings (SSSR count). The molecule has 0 saturated carbocycles. The fourth-order valence-electron chi connectivity index (χ4n) is 0.787. The van der Waals surface area contributed by atoms with Crippen LogP contribution in [0.2, 0.25) is 5.02 Å². The molecule has 70 valence electrons. The van der Waals surface area contributed by atoms with Crippen molar-refractivity contribution in [2.24, 2.45) is 0 Å². The maximum atomic E-state index is 5.93.